The molecule has 1 unspecified atom stereocenters. The predicted molar refractivity (Wildman–Crippen MR) is 141 cm³/mol. The van der Waals surface area contributed by atoms with Gasteiger partial charge >= 0.3 is 6.09 Å². The summed E-state index contributed by atoms with van der Waals surface area (Å²) in [5.74, 6) is 1.40. The fourth-order valence-corrected chi connectivity index (χ4v) is 5.69. The minimum Gasteiger partial charge on any atom is -0.440 e. The third-order valence-electron chi connectivity index (χ3n) is 7.60. The summed E-state index contributed by atoms with van der Waals surface area (Å²) < 4.78 is 7.79. The number of aromatic nitrogens is 5. The molecule has 2 aromatic rings. The maximum Gasteiger partial charge on any atom is 0.417 e. The topological polar surface area (TPSA) is 122 Å². The Morgan fingerprint density at radius 1 is 1.26 bits per heavy atom. The van der Waals surface area contributed by atoms with Gasteiger partial charge < -0.3 is 19.5 Å². The summed E-state index contributed by atoms with van der Waals surface area (Å²) >= 11 is 0. The van der Waals surface area contributed by atoms with Crippen molar-refractivity contribution in [3.63, 3.8) is 0 Å². The van der Waals surface area contributed by atoms with Crippen LogP contribution >= 0.6 is 0 Å². The Bertz CT molecular complexity index is 1220. The molecule has 0 radical (unpaired) electrons. The summed E-state index contributed by atoms with van der Waals surface area (Å²) in [7, 11) is 0. The van der Waals surface area contributed by atoms with Gasteiger partial charge in [0.05, 0.1) is 30.8 Å². The molecular formula is C26H37N9O3. The van der Waals surface area contributed by atoms with Crippen molar-refractivity contribution in [1.82, 2.24) is 34.3 Å². The molecule has 3 fully saturated rings. The molecule has 1 spiro atoms. The second kappa shape index (κ2) is 9.97. The monoisotopic (exact) mass is 523 g/mol. The highest BCUT2D eigenvalue weighted by molar-refractivity contribution is 5.90. The molecule has 0 aromatic carbocycles. The Labute approximate surface area is 223 Å². The van der Waals surface area contributed by atoms with Crippen LogP contribution in [0.1, 0.15) is 58.1 Å². The van der Waals surface area contributed by atoms with E-state index >= 15 is 0 Å². The van der Waals surface area contributed by atoms with Gasteiger partial charge in [0, 0.05) is 31.9 Å². The van der Waals surface area contributed by atoms with E-state index in [-0.39, 0.29) is 30.0 Å². The second-order valence-electron chi connectivity index (χ2n) is 11.0. The van der Waals surface area contributed by atoms with Crippen LogP contribution in [0.2, 0.25) is 0 Å². The number of nitrogens with zero attached hydrogens (tertiary/aromatic N) is 8. The van der Waals surface area contributed by atoms with E-state index in [1.807, 2.05) is 28.9 Å². The lowest BCUT2D eigenvalue weighted by molar-refractivity contribution is -0.130. The zero-order chi connectivity index (χ0) is 27.2. The normalized spacial score (nSPS) is 23.6. The summed E-state index contributed by atoms with van der Waals surface area (Å²) in [6, 6.07) is -0.151. The van der Waals surface area contributed by atoms with Gasteiger partial charge in [-0.3, -0.25) is 9.69 Å². The van der Waals surface area contributed by atoms with Crippen LogP contribution in [0.4, 0.5) is 16.7 Å². The molecule has 0 bridgehead atoms. The van der Waals surface area contributed by atoms with E-state index in [0.29, 0.717) is 30.9 Å². The summed E-state index contributed by atoms with van der Waals surface area (Å²) in [6.07, 6.45) is 6.54. The van der Waals surface area contributed by atoms with Gasteiger partial charge in [-0.1, -0.05) is 20.4 Å². The SMILES string of the molecule is C=CC(=O)N1CCN(Cn2cnc([C@H](C)Nc3nc(C)nc(N4C(=O)OC5(CC5)C4C(C)C)n3)c2)C[C@@H]1C. The summed E-state index contributed by atoms with van der Waals surface area (Å²) in [5, 5.41) is 3.32. The highest BCUT2D eigenvalue weighted by Crippen LogP contribution is 2.52. The average Bonchev–Trinajstić information content (AvgIpc) is 3.33. The summed E-state index contributed by atoms with van der Waals surface area (Å²) in [5.41, 5.74) is 0.432. The number of anilines is 2. The lowest BCUT2D eigenvalue weighted by Gasteiger charge is -2.39. The molecular weight excluding hydrogens is 486 g/mol. The standard InChI is InChI=1S/C26H37N9O3/c1-7-21(36)34-11-10-32(12-17(34)4)15-33-13-20(27-14-33)18(5)28-23-29-19(6)30-24(31-23)35-22(16(2)3)26(8-9-26)38-25(35)37/h7,13-14,16-18,22H,1,8-12,15H2,2-6H3,(H,28,29,30,31)/t17-,18-,22?/m0/s1. The predicted octanol–water partition coefficient (Wildman–Crippen LogP) is 2.74. The summed E-state index contributed by atoms with van der Waals surface area (Å²) in [6.45, 7) is 16.5. The molecule has 2 aromatic heterocycles. The van der Waals surface area contributed by atoms with Crippen LogP contribution in [0.5, 0.6) is 0 Å². The lowest BCUT2D eigenvalue weighted by atomic mass is 9.96. The van der Waals surface area contributed by atoms with Crippen LogP contribution in [0.25, 0.3) is 0 Å². The number of rotatable bonds is 8. The first-order chi connectivity index (χ1) is 18.1. The number of carbonyl (C=O) groups is 2. The van der Waals surface area contributed by atoms with Gasteiger partial charge in [-0.15, -0.1) is 0 Å². The Hall–Kier alpha value is -3.54. The Kier molecular flexibility index (Phi) is 6.84. The van der Waals surface area contributed by atoms with Crippen molar-refractivity contribution in [3.8, 4) is 0 Å². The van der Waals surface area contributed by atoms with Crippen LogP contribution in [0.3, 0.4) is 0 Å². The number of hydrogen-bond donors (Lipinski definition) is 1. The Morgan fingerprint density at radius 3 is 2.68 bits per heavy atom. The van der Waals surface area contributed by atoms with E-state index < -0.39 is 11.7 Å². The molecule has 3 aliphatic rings. The molecule has 1 saturated carbocycles. The van der Waals surface area contributed by atoms with Crippen molar-refractivity contribution in [2.24, 2.45) is 5.92 Å². The molecule has 5 rings (SSSR count). The average molecular weight is 524 g/mol. The smallest absolute Gasteiger partial charge is 0.417 e. The molecule has 12 nitrogen and oxygen atoms in total. The number of hydrogen-bond acceptors (Lipinski definition) is 9. The van der Waals surface area contributed by atoms with Crippen molar-refractivity contribution in [2.45, 2.75) is 77.9 Å². The lowest BCUT2D eigenvalue weighted by Crippen LogP contribution is -2.53. The minimum atomic E-state index is -0.412. The molecule has 1 aliphatic carbocycles. The van der Waals surface area contributed by atoms with Crippen molar-refractivity contribution in [2.75, 3.05) is 29.9 Å². The van der Waals surface area contributed by atoms with Crippen LogP contribution < -0.4 is 10.2 Å². The van der Waals surface area contributed by atoms with Gasteiger partial charge in [0.25, 0.3) is 0 Å². The van der Waals surface area contributed by atoms with Crippen molar-refractivity contribution < 1.29 is 14.3 Å². The van der Waals surface area contributed by atoms with Gasteiger partial charge in [0.2, 0.25) is 17.8 Å². The first-order valence-corrected chi connectivity index (χ1v) is 13.3. The first-order valence-electron chi connectivity index (χ1n) is 13.3. The number of imidazole rings is 1. The molecule has 2 aliphatic heterocycles. The van der Waals surface area contributed by atoms with E-state index in [1.54, 1.807) is 11.8 Å². The molecule has 38 heavy (non-hydrogen) atoms. The number of piperazine rings is 1. The van der Waals surface area contributed by atoms with Crippen LogP contribution in [0.15, 0.2) is 25.2 Å². The zero-order valence-corrected chi connectivity index (χ0v) is 22.8. The number of aryl methyl sites for hydroxylation is 1. The van der Waals surface area contributed by atoms with Gasteiger partial charge in [-0.2, -0.15) is 15.0 Å². The van der Waals surface area contributed by atoms with Gasteiger partial charge in [0.1, 0.15) is 11.4 Å². The van der Waals surface area contributed by atoms with E-state index in [0.717, 1.165) is 31.6 Å². The summed E-state index contributed by atoms with van der Waals surface area (Å²) in [4.78, 5) is 48.7. The van der Waals surface area contributed by atoms with E-state index in [2.05, 4.69) is 57.5 Å². The van der Waals surface area contributed by atoms with Crippen molar-refractivity contribution in [1.29, 1.82) is 0 Å². The van der Waals surface area contributed by atoms with E-state index in [4.69, 9.17) is 4.74 Å². The minimum absolute atomic E-state index is 0.0212. The van der Waals surface area contributed by atoms with Gasteiger partial charge in [-0.05, 0) is 45.6 Å². The molecule has 4 heterocycles. The number of amides is 2. The maximum absolute atomic E-state index is 12.8. The van der Waals surface area contributed by atoms with E-state index in [9.17, 15) is 9.59 Å². The third kappa shape index (κ3) is 4.96. The fraction of sp³-hybridized carbons (Fsp3) is 0.615. The molecule has 1 N–H and O–H groups in total. The fourth-order valence-electron chi connectivity index (χ4n) is 5.69. The number of nitrogens with one attached hydrogen (secondary N) is 1. The molecule has 204 valence electrons. The van der Waals surface area contributed by atoms with Crippen LogP contribution in [-0.4, -0.2) is 83.6 Å². The first kappa shape index (κ1) is 26.1. The molecule has 3 atom stereocenters. The third-order valence-corrected chi connectivity index (χ3v) is 7.60. The van der Waals surface area contributed by atoms with Gasteiger partial charge in [0.15, 0.2) is 0 Å². The van der Waals surface area contributed by atoms with Crippen molar-refractivity contribution >= 4 is 23.9 Å². The highest BCUT2D eigenvalue weighted by atomic mass is 16.6. The highest BCUT2D eigenvalue weighted by Gasteiger charge is 2.63. The zero-order valence-electron chi connectivity index (χ0n) is 22.8. The Morgan fingerprint density at radius 2 is 2.03 bits per heavy atom. The van der Waals surface area contributed by atoms with E-state index in [1.165, 1.54) is 6.08 Å². The van der Waals surface area contributed by atoms with Gasteiger partial charge in [-0.25, -0.2) is 14.7 Å². The number of ether oxygens (including phenoxy) is 1. The quantitative estimate of drug-likeness (QED) is 0.521. The molecule has 2 saturated heterocycles. The second-order valence-corrected chi connectivity index (χ2v) is 11.0. The van der Waals surface area contributed by atoms with Crippen molar-refractivity contribution in [3.05, 3.63) is 36.7 Å². The Balaban J connectivity index is 1.25. The molecule has 12 heteroatoms. The van der Waals surface area contributed by atoms with Crippen LogP contribution in [0, 0.1) is 12.8 Å². The maximum atomic E-state index is 12.8. The molecule has 2 amide bonds. The largest absolute Gasteiger partial charge is 0.440 e. The number of carbonyl (C=O) groups excluding carboxylic acids is 2. The van der Waals surface area contributed by atoms with Crippen LogP contribution in [-0.2, 0) is 16.2 Å².